The number of rotatable bonds is 3. The minimum Gasteiger partial charge on any atom is -0.665 e. The molecule has 0 heterocycles. The summed E-state index contributed by atoms with van der Waals surface area (Å²) in [4.78, 5) is 0. The Morgan fingerprint density at radius 2 is 0.778 bits per heavy atom. The zero-order valence-corrected chi connectivity index (χ0v) is 17.1. The Bertz CT molecular complexity index is 74.0. The molecule has 3 radical (unpaired) electrons. The van der Waals surface area contributed by atoms with E-state index >= 15 is 0 Å². The van der Waals surface area contributed by atoms with Crippen LogP contribution >= 0.6 is 0 Å². The minimum atomic E-state index is -0.500. The monoisotopic (exact) mass is 426 g/mol. The summed E-state index contributed by atoms with van der Waals surface area (Å²) in [6.07, 6.45) is 0. The van der Waals surface area contributed by atoms with Gasteiger partial charge in [-0.25, -0.2) is 0 Å². The molecule has 0 saturated heterocycles. The van der Waals surface area contributed by atoms with E-state index in [1.807, 2.05) is 20.8 Å². The van der Waals surface area contributed by atoms with Crippen LogP contribution in [-0.2, 0) is 22.4 Å². The molecule has 113 valence electrons. The first-order valence-electron chi connectivity index (χ1n) is 6.14. The molecule has 0 atom stereocenters. The second-order valence-corrected chi connectivity index (χ2v) is 4.07. The molecule has 0 aliphatic carbocycles. The van der Waals surface area contributed by atoms with Crippen molar-refractivity contribution in [3.05, 3.63) is 16.0 Å². The third-order valence-electron chi connectivity index (χ3n) is 0.949. The minimum absolute atomic E-state index is 0. The molecule has 4 nitrogen and oxygen atoms in total. The Morgan fingerprint density at radius 1 is 0.722 bits per heavy atom. The van der Waals surface area contributed by atoms with Crippen molar-refractivity contribution in [2.45, 2.75) is 47.1 Å². The van der Waals surface area contributed by atoms with E-state index in [4.69, 9.17) is 5.73 Å². The van der Waals surface area contributed by atoms with Crippen molar-refractivity contribution < 1.29 is 22.4 Å². The normalized spacial score (nSPS) is 8.33. The molecule has 0 rings (SSSR count). The zero-order valence-electron chi connectivity index (χ0n) is 13.9. The Balaban J connectivity index is -0.0000000412. The maximum absolute atomic E-state index is 8.52. The molecule has 0 fully saturated rings. The zero-order chi connectivity index (χ0) is 14.7. The summed E-state index contributed by atoms with van der Waals surface area (Å²) in [6, 6.07) is 0. The van der Waals surface area contributed by atoms with Crippen molar-refractivity contribution in [3.63, 3.8) is 0 Å². The van der Waals surface area contributed by atoms with Crippen molar-refractivity contribution in [2.24, 2.45) is 0 Å². The Hall–Kier alpha value is 0.580. The molecule has 5 heteroatoms. The first-order valence-corrected chi connectivity index (χ1v) is 6.14. The molecule has 0 aromatic rings. The molecule has 0 unspecified atom stereocenters. The van der Waals surface area contributed by atoms with Crippen LogP contribution in [0, 0.1) is 0 Å². The molecule has 0 aromatic carbocycles. The van der Waals surface area contributed by atoms with Crippen molar-refractivity contribution in [2.75, 3.05) is 40.8 Å². The largest absolute Gasteiger partial charge is 0.665 e. The van der Waals surface area contributed by atoms with Gasteiger partial charge in [-0.1, -0.05) is 20.8 Å². The fraction of sp³-hybridized carbons (Fsp3) is 1.00. The van der Waals surface area contributed by atoms with Crippen LogP contribution in [0.1, 0.15) is 41.5 Å². The van der Waals surface area contributed by atoms with Gasteiger partial charge in [0.1, 0.15) is 0 Å². The quantitative estimate of drug-likeness (QED) is 0.658. The maximum Gasteiger partial charge on any atom is 0.0459 e. The van der Waals surface area contributed by atoms with E-state index in [9.17, 15) is 0 Å². The smallest absolute Gasteiger partial charge is 0.0459 e. The summed E-state index contributed by atoms with van der Waals surface area (Å²) in [6.45, 7) is 14.1. The average molecular weight is 426 g/mol. The van der Waals surface area contributed by atoms with Gasteiger partial charge < -0.3 is 16.0 Å². The SMILES string of the molecule is CC(C)(C)[N].CC[N-]C.CC[N-]C.CC[N-]C.[Ta]. The van der Waals surface area contributed by atoms with Gasteiger partial charge in [0.15, 0.2) is 0 Å². The first-order chi connectivity index (χ1) is 7.74. The van der Waals surface area contributed by atoms with Crippen LogP contribution in [0.2, 0.25) is 0 Å². The molecular formula is C13H33N4Ta-3. The summed E-state index contributed by atoms with van der Waals surface area (Å²) in [5.74, 6) is 0. The second kappa shape index (κ2) is 30.5. The molecule has 0 aliphatic heterocycles. The number of hydrogen-bond donors (Lipinski definition) is 0. The Labute approximate surface area is 132 Å². The Morgan fingerprint density at radius 3 is 0.778 bits per heavy atom. The Kier molecular flexibility index (Phi) is 52.8. The van der Waals surface area contributed by atoms with Gasteiger partial charge in [0, 0.05) is 27.9 Å². The summed E-state index contributed by atoms with van der Waals surface area (Å²) in [5, 5.41) is 11.2. The van der Waals surface area contributed by atoms with Gasteiger partial charge in [-0.2, -0.15) is 40.8 Å². The van der Waals surface area contributed by atoms with Crippen LogP contribution in [0.4, 0.5) is 0 Å². The fourth-order valence-electron chi connectivity index (χ4n) is 0. The van der Waals surface area contributed by atoms with E-state index in [0.717, 1.165) is 19.6 Å². The van der Waals surface area contributed by atoms with Crippen LogP contribution in [0.5, 0.6) is 0 Å². The van der Waals surface area contributed by atoms with Crippen LogP contribution in [0.25, 0.3) is 16.0 Å². The molecule has 0 aliphatic rings. The van der Waals surface area contributed by atoms with E-state index in [1.165, 1.54) is 0 Å². The molecule has 0 saturated carbocycles. The van der Waals surface area contributed by atoms with Gasteiger partial charge in [-0.05, 0) is 20.8 Å². The van der Waals surface area contributed by atoms with Crippen molar-refractivity contribution >= 4 is 0 Å². The van der Waals surface area contributed by atoms with Gasteiger partial charge in [0.25, 0.3) is 0 Å². The fourth-order valence-corrected chi connectivity index (χ4v) is 0. The van der Waals surface area contributed by atoms with Gasteiger partial charge in [0.05, 0.1) is 0 Å². The standard InChI is InChI=1S/C4H9N.3C3H8N.Ta/c1-4(2,3)5;3*1-3-4-2;/h1-3H3;3*3H2,1-2H3;/q;3*-1;. The van der Waals surface area contributed by atoms with E-state index < -0.39 is 5.54 Å². The second-order valence-electron chi connectivity index (χ2n) is 4.07. The number of hydrogen-bond acceptors (Lipinski definition) is 0. The van der Waals surface area contributed by atoms with E-state index in [0.29, 0.717) is 0 Å². The van der Waals surface area contributed by atoms with Crippen molar-refractivity contribution in [1.82, 2.24) is 5.73 Å². The van der Waals surface area contributed by atoms with E-state index in [2.05, 4.69) is 16.0 Å². The van der Waals surface area contributed by atoms with Gasteiger partial charge >= 0.3 is 0 Å². The topological polar surface area (TPSA) is 64.6 Å². The van der Waals surface area contributed by atoms with Crippen LogP contribution in [0.3, 0.4) is 0 Å². The average Bonchev–Trinajstić information content (AvgIpc) is 2.27. The van der Waals surface area contributed by atoms with Crippen LogP contribution < -0.4 is 5.73 Å². The van der Waals surface area contributed by atoms with Gasteiger partial charge in [-0.3, -0.25) is 0 Å². The van der Waals surface area contributed by atoms with Crippen molar-refractivity contribution in [1.29, 1.82) is 0 Å². The predicted molar refractivity (Wildman–Crippen MR) is 81.4 cm³/mol. The molecule has 0 aromatic heterocycles. The summed E-state index contributed by atoms with van der Waals surface area (Å²) in [5.41, 5.74) is 8.02. The summed E-state index contributed by atoms with van der Waals surface area (Å²) < 4.78 is 0. The third-order valence-corrected chi connectivity index (χ3v) is 0.949. The van der Waals surface area contributed by atoms with Crippen molar-refractivity contribution in [3.8, 4) is 0 Å². The third kappa shape index (κ3) is 314. The maximum atomic E-state index is 8.52. The summed E-state index contributed by atoms with van der Waals surface area (Å²) >= 11 is 0. The van der Waals surface area contributed by atoms with E-state index in [-0.39, 0.29) is 22.4 Å². The predicted octanol–water partition coefficient (Wildman–Crippen LogP) is 3.88. The van der Waals surface area contributed by atoms with Crippen LogP contribution in [0.15, 0.2) is 0 Å². The van der Waals surface area contributed by atoms with Gasteiger partial charge in [0.2, 0.25) is 0 Å². The molecule has 0 N–H and O–H groups in total. The molecule has 0 spiro atoms. The molecule has 0 amide bonds. The first kappa shape index (κ1) is 31.1. The van der Waals surface area contributed by atoms with Gasteiger partial charge in [-0.15, -0.1) is 5.73 Å². The van der Waals surface area contributed by atoms with E-state index in [1.54, 1.807) is 41.9 Å². The van der Waals surface area contributed by atoms with Crippen LogP contribution in [-0.4, -0.2) is 46.3 Å². The summed E-state index contributed by atoms with van der Waals surface area (Å²) in [7, 11) is 5.42. The molecule has 0 bridgehead atoms. The number of nitrogens with zero attached hydrogens (tertiary/aromatic N) is 4. The molecular weight excluding hydrogens is 393 g/mol. The molecule has 18 heavy (non-hydrogen) atoms.